The molecule has 0 bridgehead atoms. The van der Waals surface area contributed by atoms with E-state index in [2.05, 4.69) is 29.4 Å². The fourth-order valence-electron chi connectivity index (χ4n) is 4.03. The van der Waals surface area contributed by atoms with E-state index in [-0.39, 0.29) is 18.2 Å². The molecule has 0 saturated heterocycles. The highest BCUT2D eigenvalue weighted by atomic mass is 35.5. The molecule has 2 aromatic carbocycles. The zero-order valence-electron chi connectivity index (χ0n) is 19.3. The predicted octanol–water partition coefficient (Wildman–Crippen LogP) is 5.52. The van der Waals surface area contributed by atoms with E-state index in [1.54, 1.807) is 36.4 Å². The zero-order valence-corrected chi connectivity index (χ0v) is 22.3. The van der Waals surface area contributed by atoms with Crippen molar-refractivity contribution >= 4 is 58.2 Å². The van der Waals surface area contributed by atoms with Crippen LogP contribution in [0.15, 0.2) is 36.4 Å². The molecule has 1 atom stereocenters. The molecular weight excluding hydrogens is 516 g/mol. The normalized spacial score (nSPS) is 15.1. The van der Waals surface area contributed by atoms with Crippen molar-refractivity contribution in [3.8, 4) is 0 Å². The van der Waals surface area contributed by atoms with E-state index in [4.69, 9.17) is 46.4 Å². The van der Waals surface area contributed by atoms with Gasteiger partial charge in [-0.15, -0.1) is 0 Å². The minimum absolute atomic E-state index is 0.231. The molecule has 1 unspecified atom stereocenters. The maximum Gasteiger partial charge on any atom is 0.242 e. The number of carbonyl (C=O) groups excluding carboxylic acids is 2. The number of amides is 2. The van der Waals surface area contributed by atoms with Gasteiger partial charge in [-0.1, -0.05) is 72.4 Å². The van der Waals surface area contributed by atoms with Crippen molar-refractivity contribution in [3.63, 3.8) is 0 Å². The lowest BCUT2D eigenvalue weighted by Crippen LogP contribution is -2.51. The summed E-state index contributed by atoms with van der Waals surface area (Å²) in [7, 11) is 0. The van der Waals surface area contributed by atoms with Crippen LogP contribution in [-0.4, -0.2) is 48.9 Å². The molecule has 1 aliphatic carbocycles. The summed E-state index contributed by atoms with van der Waals surface area (Å²) in [5, 5.41) is 7.84. The van der Waals surface area contributed by atoms with Crippen molar-refractivity contribution < 1.29 is 9.59 Å². The van der Waals surface area contributed by atoms with E-state index in [1.165, 1.54) is 0 Å². The second-order valence-electron chi connectivity index (χ2n) is 8.49. The summed E-state index contributed by atoms with van der Waals surface area (Å²) in [6.45, 7) is 7.16. The fraction of sp³-hybridized carbons (Fsp3) is 0.440. The van der Waals surface area contributed by atoms with Gasteiger partial charge in [0.1, 0.15) is 6.04 Å². The van der Waals surface area contributed by atoms with Gasteiger partial charge in [-0.3, -0.25) is 9.59 Å². The molecule has 5 nitrogen and oxygen atoms in total. The highest BCUT2D eigenvalue weighted by molar-refractivity contribution is 6.35. The van der Waals surface area contributed by atoms with Crippen LogP contribution in [0.3, 0.4) is 0 Å². The molecule has 0 spiro atoms. The summed E-state index contributed by atoms with van der Waals surface area (Å²) in [5.41, 5.74) is 0.691. The molecule has 184 valence electrons. The first-order chi connectivity index (χ1) is 16.2. The number of halogens is 4. The second-order valence-corrected chi connectivity index (χ2v) is 10.2. The fourth-order valence-corrected chi connectivity index (χ4v) is 5.11. The quantitative estimate of drug-likeness (QED) is 0.391. The van der Waals surface area contributed by atoms with Gasteiger partial charge in [0.05, 0.1) is 5.41 Å². The van der Waals surface area contributed by atoms with Crippen molar-refractivity contribution in [2.45, 2.75) is 44.6 Å². The number of rotatable bonds is 11. The first-order valence-electron chi connectivity index (χ1n) is 11.4. The summed E-state index contributed by atoms with van der Waals surface area (Å²) in [6, 6.07) is 9.47. The predicted molar refractivity (Wildman–Crippen MR) is 140 cm³/mol. The Balaban J connectivity index is 1.78. The van der Waals surface area contributed by atoms with Crippen LogP contribution in [-0.2, 0) is 21.4 Å². The maximum absolute atomic E-state index is 13.4. The molecule has 3 rings (SSSR count). The number of hydrogen-bond acceptors (Lipinski definition) is 3. The molecular formula is C25H29Cl4N3O2. The Labute approximate surface area is 221 Å². The van der Waals surface area contributed by atoms with Gasteiger partial charge in [0.25, 0.3) is 0 Å². The maximum atomic E-state index is 13.4. The highest BCUT2D eigenvalue weighted by Crippen LogP contribution is 2.51. The van der Waals surface area contributed by atoms with Gasteiger partial charge in [-0.25, -0.2) is 0 Å². The zero-order chi connectivity index (χ0) is 24.9. The SMILES string of the molecule is CCN(CC)CCNC(=O)C(Cc1ccc(Cl)cc1Cl)NC(=O)C1(c2ccc(Cl)cc2Cl)CC1. The number of carbonyl (C=O) groups is 2. The van der Waals surface area contributed by atoms with Gasteiger partial charge < -0.3 is 15.5 Å². The van der Waals surface area contributed by atoms with Crippen LogP contribution < -0.4 is 10.6 Å². The van der Waals surface area contributed by atoms with Crippen molar-refractivity contribution in [2.24, 2.45) is 0 Å². The van der Waals surface area contributed by atoms with Crippen molar-refractivity contribution in [2.75, 3.05) is 26.2 Å². The number of benzene rings is 2. The molecule has 2 N–H and O–H groups in total. The van der Waals surface area contributed by atoms with Gasteiger partial charge >= 0.3 is 0 Å². The minimum atomic E-state index is -0.800. The van der Waals surface area contributed by atoms with Gasteiger partial charge in [0.2, 0.25) is 11.8 Å². The van der Waals surface area contributed by atoms with Crippen molar-refractivity contribution in [1.82, 2.24) is 15.5 Å². The third-order valence-corrected chi connectivity index (χ3v) is 7.45. The lowest BCUT2D eigenvalue weighted by atomic mass is 9.94. The smallest absolute Gasteiger partial charge is 0.242 e. The lowest BCUT2D eigenvalue weighted by Gasteiger charge is -2.24. The molecule has 34 heavy (non-hydrogen) atoms. The molecule has 0 heterocycles. The molecule has 9 heteroatoms. The van der Waals surface area contributed by atoms with Gasteiger partial charge in [-0.05, 0) is 61.3 Å². The number of nitrogens with one attached hydrogen (secondary N) is 2. The average Bonchev–Trinajstić information content (AvgIpc) is 3.59. The van der Waals surface area contributed by atoms with Gasteiger partial charge in [-0.2, -0.15) is 0 Å². The molecule has 0 radical (unpaired) electrons. The van der Waals surface area contributed by atoms with Gasteiger partial charge in [0.15, 0.2) is 0 Å². The average molecular weight is 545 g/mol. The van der Waals surface area contributed by atoms with Crippen LogP contribution in [0.25, 0.3) is 0 Å². The van der Waals surface area contributed by atoms with Crippen LogP contribution in [0.4, 0.5) is 0 Å². The van der Waals surface area contributed by atoms with E-state index in [0.29, 0.717) is 39.5 Å². The van der Waals surface area contributed by atoms with Crippen LogP contribution in [0.1, 0.15) is 37.8 Å². The van der Waals surface area contributed by atoms with Crippen LogP contribution in [0.5, 0.6) is 0 Å². The molecule has 1 fully saturated rings. The van der Waals surface area contributed by atoms with Crippen LogP contribution in [0, 0.1) is 0 Å². The summed E-state index contributed by atoms with van der Waals surface area (Å²) < 4.78 is 0. The van der Waals surface area contributed by atoms with Crippen molar-refractivity contribution in [1.29, 1.82) is 0 Å². The first-order valence-corrected chi connectivity index (χ1v) is 12.9. The third-order valence-electron chi connectivity index (χ3n) is 6.31. The Hall–Kier alpha value is -1.50. The van der Waals surface area contributed by atoms with E-state index < -0.39 is 11.5 Å². The molecule has 2 amide bonds. The monoisotopic (exact) mass is 543 g/mol. The minimum Gasteiger partial charge on any atom is -0.353 e. The second kappa shape index (κ2) is 12.0. The Morgan fingerprint density at radius 2 is 1.59 bits per heavy atom. The summed E-state index contributed by atoms with van der Waals surface area (Å²) in [6.07, 6.45) is 1.54. The molecule has 2 aromatic rings. The standard InChI is InChI=1S/C25H29Cl4N3O2/c1-3-32(4-2)12-11-30-23(33)22(13-16-5-6-17(26)14-20(16)28)31-24(34)25(9-10-25)19-8-7-18(27)15-21(19)29/h5-8,14-15,22H,3-4,9-13H2,1-2H3,(H,30,33)(H,31,34). The summed E-state index contributed by atoms with van der Waals surface area (Å²) in [5.74, 6) is -0.491. The van der Waals surface area contributed by atoms with E-state index in [0.717, 1.165) is 30.8 Å². The Bertz CT molecular complexity index is 1040. The summed E-state index contributed by atoms with van der Waals surface area (Å²) in [4.78, 5) is 28.8. The third kappa shape index (κ3) is 6.58. The van der Waals surface area contributed by atoms with Crippen LogP contribution in [0.2, 0.25) is 20.1 Å². The molecule has 0 aliphatic heterocycles. The van der Waals surface area contributed by atoms with E-state index in [9.17, 15) is 9.59 Å². The number of nitrogens with zero attached hydrogens (tertiary/aromatic N) is 1. The molecule has 1 saturated carbocycles. The number of hydrogen-bond donors (Lipinski definition) is 2. The molecule has 0 aromatic heterocycles. The Morgan fingerprint density at radius 1 is 0.971 bits per heavy atom. The molecule has 1 aliphatic rings. The van der Waals surface area contributed by atoms with Crippen molar-refractivity contribution in [3.05, 3.63) is 67.6 Å². The Morgan fingerprint density at radius 3 is 2.15 bits per heavy atom. The topological polar surface area (TPSA) is 61.4 Å². The Kier molecular flexibility index (Phi) is 9.53. The lowest BCUT2D eigenvalue weighted by molar-refractivity contribution is -0.130. The van der Waals surface area contributed by atoms with Gasteiger partial charge in [0, 0.05) is 39.6 Å². The van der Waals surface area contributed by atoms with E-state index >= 15 is 0 Å². The van der Waals surface area contributed by atoms with Crippen LogP contribution >= 0.6 is 46.4 Å². The highest BCUT2D eigenvalue weighted by Gasteiger charge is 2.53. The first kappa shape index (κ1) is 27.1. The summed E-state index contributed by atoms with van der Waals surface area (Å²) >= 11 is 24.8. The number of likely N-dealkylation sites (N-methyl/N-ethyl adjacent to an activating group) is 1. The van der Waals surface area contributed by atoms with E-state index in [1.807, 2.05) is 0 Å². The largest absolute Gasteiger partial charge is 0.353 e.